The number of hydrogen-bond acceptors (Lipinski definition) is 1. The van der Waals surface area contributed by atoms with Gasteiger partial charge in [-0.05, 0) is 12.8 Å². The molecule has 0 saturated carbocycles. The lowest BCUT2D eigenvalue weighted by Crippen LogP contribution is -2.31. The maximum Gasteiger partial charge on any atom is 0.0982 e. The predicted octanol–water partition coefficient (Wildman–Crippen LogP) is 2.16. The molecule has 0 amide bonds. The van der Waals surface area contributed by atoms with Crippen molar-refractivity contribution >= 4 is 5.84 Å². The van der Waals surface area contributed by atoms with E-state index >= 15 is 0 Å². The molecule has 0 unspecified atom stereocenters. The van der Waals surface area contributed by atoms with E-state index in [4.69, 9.17) is 0 Å². The van der Waals surface area contributed by atoms with Gasteiger partial charge in [0.05, 0.1) is 5.84 Å². The van der Waals surface area contributed by atoms with Gasteiger partial charge in [-0.2, -0.15) is 0 Å². The molecule has 1 heterocycles. The van der Waals surface area contributed by atoms with Crippen molar-refractivity contribution in [3.8, 4) is 0 Å². The molecule has 1 aliphatic rings. The van der Waals surface area contributed by atoms with E-state index in [1.165, 1.54) is 31.6 Å². The molecule has 0 aromatic heterocycles. The van der Waals surface area contributed by atoms with Crippen LogP contribution in [0.25, 0.3) is 0 Å². The quantitative estimate of drug-likeness (QED) is 0.524. The summed E-state index contributed by atoms with van der Waals surface area (Å²) in [6, 6.07) is 0. The number of amidine groups is 1. The summed E-state index contributed by atoms with van der Waals surface area (Å²) in [6.45, 7) is 5.19. The highest BCUT2D eigenvalue weighted by Gasteiger charge is 2.09. The molecule has 2 nitrogen and oxygen atoms in total. The van der Waals surface area contributed by atoms with E-state index in [-0.39, 0.29) is 0 Å². The average Bonchev–Trinajstić information content (AvgIpc) is 2.09. The molecule has 0 aromatic rings. The zero-order valence-corrected chi connectivity index (χ0v) is 8.22. The van der Waals surface area contributed by atoms with E-state index < -0.39 is 0 Å². The zero-order chi connectivity index (χ0) is 8.69. The van der Waals surface area contributed by atoms with E-state index in [2.05, 4.69) is 16.9 Å². The fourth-order valence-corrected chi connectivity index (χ4v) is 1.23. The molecule has 0 aromatic carbocycles. The maximum absolute atomic E-state index is 4.17. The van der Waals surface area contributed by atoms with Crippen LogP contribution in [0.15, 0.2) is 4.99 Å². The minimum Gasteiger partial charge on any atom is -0.363 e. The summed E-state index contributed by atoms with van der Waals surface area (Å²) in [7, 11) is 3.98. The lowest BCUT2D eigenvalue weighted by atomic mass is 10.1. The molecule has 1 rings (SSSR count). The standard InChI is InChI=1S/C7H14N2.C2H6/c1-8-7-5-3-4-6-9(7)2;1-2/h3-6H2,1-2H3;1-2H3. The van der Waals surface area contributed by atoms with Gasteiger partial charge in [-0.25, -0.2) is 0 Å². The molecule has 0 bridgehead atoms. The Kier molecular flexibility index (Phi) is 5.90. The van der Waals surface area contributed by atoms with Crippen molar-refractivity contribution in [1.82, 2.24) is 4.90 Å². The number of likely N-dealkylation sites (tertiary alicyclic amines) is 1. The Bertz CT molecular complexity index is 119. The molecule has 0 spiro atoms. The van der Waals surface area contributed by atoms with E-state index in [0.29, 0.717) is 0 Å². The van der Waals surface area contributed by atoms with Crippen LogP contribution in [0.4, 0.5) is 0 Å². The highest BCUT2D eigenvalue weighted by molar-refractivity contribution is 5.82. The summed E-state index contributed by atoms with van der Waals surface area (Å²) < 4.78 is 0. The normalized spacial score (nSPS) is 21.1. The molecular weight excluding hydrogens is 136 g/mol. The highest BCUT2D eigenvalue weighted by atomic mass is 15.2. The first-order valence-corrected chi connectivity index (χ1v) is 4.51. The van der Waals surface area contributed by atoms with E-state index in [1.54, 1.807) is 0 Å². The van der Waals surface area contributed by atoms with Gasteiger partial charge in [-0.3, -0.25) is 4.99 Å². The molecule has 0 N–H and O–H groups in total. The number of aliphatic imine (C=N–C) groups is 1. The zero-order valence-electron chi connectivity index (χ0n) is 8.22. The fraction of sp³-hybridized carbons (Fsp3) is 0.889. The third-order valence-corrected chi connectivity index (χ3v) is 1.84. The molecule has 0 atom stereocenters. The van der Waals surface area contributed by atoms with Crippen molar-refractivity contribution in [1.29, 1.82) is 0 Å². The van der Waals surface area contributed by atoms with Crippen molar-refractivity contribution in [3.63, 3.8) is 0 Å². The SMILES string of the molecule is CC.CN=C1CCCCN1C. The summed E-state index contributed by atoms with van der Waals surface area (Å²) in [5.74, 6) is 1.27. The van der Waals surface area contributed by atoms with Crippen molar-refractivity contribution in [2.45, 2.75) is 33.1 Å². The largest absolute Gasteiger partial charge is 0.363 e. The third-order valence-electron chi connectivity index (χ3n) is 1.84. The van der Waals surface area contributed by atoms with Gasteiger partial charge in [-0.15, -0.1) is 0 Å². The molecule has 1 saturated heterocycles. The average molecular weight is 156 g/mol. The maximum atomic E-state index is 4.17. The molecule has 0 aliphatic carbocycles. The summed E-state index contributed by atoms with van der Waals surface area (Å²) in [5.41, 5.74) is 0. The third kappa shape index (κ3) is 3.40. The van der Waals surface area contributed by atoms with Crippen molar-refractivity contribution in [2.24, 2.45) is 4.99 Å². The molecule has 1 aliphatic heterocycles. The minimum atomic E-state index is 1.17. The van der Waals surface area contributed by atoms with Crippen molar-refractivity contribution in [3.05, 3.63) is 0 Å². The van der Waals surface area contributed by atoms with Gasteiger partial charge in [-0.1, -0.05) is 13.8 Å². The highest BCUT2D eigenvalue weighted by Crippen LogP contribution is 2.08. The monoisotopic (exact) mass is 156 g/mol. The van der Waals surface area contributed by atoms with Gasteiger partial charge >= 0.3 is 0 Å². The van der Waals surface area contributed by atoms with Gasteiger partial charge in [0.1, 0.15) is 0 Å². The number of nitrogens with zero attached hydrogens (tertiary/aromatic N) is 2. The van der Waals surface area contributed by atoms with Crippen LogP contribution in [0.1, 0.15) is 33.1 Å². The molecular formula is C9H20N2. The van der Waals surface area contributed by atoms with E-state index in [0.717, 1.165) is 0 Å². The van der Waals surface area contributed by atoms with Crippen LogP contribution in [0.5, 0.6) is 0 Å². The van der Waals surface area contributed by atoms with Crippen LogP contribution >= 0.6 is 0 Å². The Balaban J connectivity index is 0.000000461. The van der Waals surface area contributed by atoms with Crippen LogP contribution in [0.2, 0.25) is 0 Å². The van der Waals surface area contributed by atoms with Gasteiger partial charge in [0.15, 0.2) is 0 Å². The van der Waals surface area contributed by atoms with Crippen LogP contribution < -0.4 is 0 Å². The number of hydrogen-bond donors (Lipinski definition) is 0. The Morgan fingerprint density at radius 3 is 2.27 bits per heavy atom. The second-order valence-electron chi connectivity index (χ2n) is 2.52. The number of rotatable bonds is 0. The second kappa shape index (κ2) is 6.20. The van der Waals surface area contributed by atoms with Crippen LogP contribution in [0.3, 0.4) is 0 Å². The first-order valence-electron chi connectivity index (χ1n) is 4.51. The lowest BCUT2D eigenvalue weighted by molar-refractivity contribution is 0.433. The van der Waals surface area contributed by atoms with E-state index in [9.17, 15) is 0 Å². The first kappa shape index (κ1) is 10.5. The second-order valence-corrected chi connectivity index (χ2v) is 2.52. The summed E-state index contributed by atoms with van der Waals surface area (Å²) in [5, 5.41) is 0. The molecule has 66 valence electrons. The topological polar surface area (TPSA) is 15.6 Å². The predicted molar refractivity (Wildman–Crippen MR) is 51.2 cm³/mol. The van der Waals surface area contributed by atoms with Crippen LogP contribution in [0, 0.1) is 0 Å². The lowest BCUT2D eigenvalue weighted by Gasteiger charge is -2.25. The Labute approximate surface area is 70.3 Å². The summed E-state index contributed by atoms with van der Waals surface area (Å²) in [6.07, 6.45) is 3.82. The van der Waals surface area contributed by atoms with Gasteiger partial charge in [0.25, 0.3) is 0 Å². The summed E-state index contributed by atoms with van der Waals surface area (Å²) in [4.78, 5) is 6.41. The van der Waals surface area contributed by atoms with Crippen molar-refractivity contribution < 1.29 is 0 Å². The number of piperidine rings is 1. The van der Waals surface area contributed by atoms with Crippen molar-refractivity contribution in [2.75, 3.05) is 20.6 Å². The van der Waals surface area contributed by atoms with Crippen LogP contribution in [-0.2, 0) is 0 Å². The van der Waals surface area contributed by atoms with Gasteiger partial charge in [0.2, 0.25) is 0 Å². The first-order chi connectivity index (χ1) is 5.34. The van der Waals surface area contributed by atoms with Gasteiger partial charge < -0.3 is 4.90 Å². The molecule has 1 fully saturated rings. The summed E-state index contributed by atoms with van der Waals surface area (Å²) >= 11 is 0. The molecule has 11 heavy (non-hydrogen) atoms. The minimum absolute atomic E-state index is 1.17. The Morgan fingerprint density at radius 2 is 1.91 bits per heavy atom. The van der Waals surface area contributed by atoms with E-state index in [1.807, 2.05) is 20.9 Å². The van der Waals surface area contributed by atoms with Gasteiger partial charge in [0, 0.05) is 27.1 Å². The Hall–Kier alpha value is -0.530. The Morgan fingerprint density at radius 1 is 1.27 bits per heavy atom. The smallest absolute Gasteiger partial charge is 0.0982 e. The van der Waals surface area contributed by atoms with Crippen LogP contribution in [-0.4, -0.2) is 31.4 Å². The fourth-order valence-electron chi connectivity index (χ4n) is 1.23. The molecule has 0 radical (unpaired) electrons. The molecule has 2 heteroatoms.